The maximum absolute atomic E-state index is 13.2. The van der Waals surface area contributed by atoms with Crippen molar-refractivity contribution in [1.82, 2.24) is 9.88 Å². The van der Waals surface area contributed by atoms with E-state index >= 15 is 0 Å². The average Bonchev–Trinajstić information content (AvgIpc) is 2.38. The van der Waals surface area contributed by atoms with Gasteiger partial charge in [-0.1, -0.05) is 0 Å². The molecule has 1 fully saturated rings. The van der Waals surface area contributed by atoms with Crippen molar-refractivity contribution in [1.29, 1.82) is 0 Å². The quantitative estimate of drug-likeness (QED) is 0.811. The van der Waals surface area contributed by atoms with E-state index in [4.69, 9.17) is 4.74 Å². The second kappa shape index (κ2) is 6.61. The molecule has 100 valence electrons. The summed E-state index contributed by atoms with van der Waals surface area (Å²) >= 11 is 0. The average molecular weight is 257 g/mol. The second-order valence-electron chi connectivity index (χ2n) is 4.22. The van der Waals surface area contributed by atoms with Crippen LogP contribution in [0.5, 0.6) is 0 Å². The molecule has 1 aromatic rings. The van der Waals surface area contributed by atoms with Gasteiger partial charge in [0.05, 0.1) is 19.4 Å². The van der Waals surface area contributed by atoms with Crippen molar-refractivity contribution in [2.75, 3.05) is 44.7 Å². The zero-order chi connectivity index (χ0) is 12.8. The number of morpholine rings is 1. The zero-order valence-corrected chi connectivity index (χ0v) is 10.2. The number of pyridine rings is 1. The molecule has 1 N–H and O–H groups in total. The van der Waals surface area contributed by atoms with Crippen LogP contribution < -0.4 is 5.32 Å². The Kier molecular flexibility index (Phi) is 4.83. The Hall–Kier alpha value is -1.27. The van der Waals surface area contributed by atoms with E-state index in [1.54, 1.807) is 0 Å². The monoisotopic (exact) mass is 257 g/mol. The summed E-state index contributed by atoms with van der Waals surface area (Å²) < 4.78 is 31.1. The molecule has 0 aliphatic carbocycles. The predicted molar refractivity (Wildman–Crippen MR) is 64.5 cm³/mol. The number of hydrogen-bond donors (Lipinski definition) is 1. The molecular formula is C12H17F2N3O. The minimum absolute atomic E-state index is 0.110. The molecule has 2 rings (SSSR count). The number of aromatic nitrogens is 1. The van der Waals surface area contributed by atoms with Crippen LogP contribution in [0.1, 0.15) is 6.42 Å². The molecule has 0 spiro atoms. The van der Waals surface area contributed by atoms with Crippen LogP contribution in [-0.4, -0.2) is 49.3 Å². The van der Waals surface area contributed by atoms with Gasteiger partial charge in [0.2, 0.25) is 0 Å². The van der Waals surface area contributed by atoms with Crippen molar-refractivity contribution in [2.24, 2.45) is 0 Å². The highest BCUT2D eigenvalue weighted by Crippen LogP contribution is 2.10. The van der Waals surface area contributed by atoms with Crippen molar-refractivity contribution in [3.63, 3.8) is 0 Å². The van der Waals surface area contributed by atoms with Gasteiger partial charge >= 0.3 is 0 Å². The first-order chi connectivity index (χ1) is 8.75. The van der Waals surface area contributed by atoms with Crippen molar-refractivity contribution in [2.45, 2.75) is 6.42 Å². The van der Waals surface area contributed by atoms with Gasteiger partial charge in [-0.2, -0.15) is 0 Å². The third-order valence-corrected chi connectivity index (χ3v) is 2.86. The van der Waals surface area contributed by atoms with Gasteiger partial charge < -0.3 is 10.1 Å². The number of rotatable bonds is 5. The first kappa shape index (κ1) is 13.2. The third-order valence-electron chi connectivity index (χ3n) is 2.86. The van der Waals surface area contributed by atoms with E-state index in [0.717, 1.165) is 51.5 Å². The van der Waals surface area contributed by atoms with Crippen LogP contribution in [0.4, 0.5) is 14.6 Å². The first-order valence-corrected chi connectivity index (χ1v) is 6.11. The zero-order valence-electron chi connectivity index (χ0n) is 10.2. The molecule has 1 aliphatic heterocycles. The topological polar surface area (TPSA) is 37.4 Å². The van der Waals surface area contributed by atoms with Gasteiger partial charge in [0.25, 0.3) is 0 Å². The molecule has 0 bridgehead atoms. The van der Waals surface area contributed by atoms with Crippen molar-refractivity contribution >= 4 is 5.82 Å². The SMILES string of the molecule is Fc1cnc(NCCCN2CCOCC2)c(F)c1. The lowest BCUT2D eigenvalue weighted by molar-refractivity contribution is 0.0378. The Bertz CT molecular complexity index is 384. The number of hydrogen-bond acceptors (Lipinski definition) is 4. The molecule has 6 heteroatoms. The highest BCUT2D eigenvalue weighted by atomic mass is 19.1. The number of nitrogens with one attached hydrogen (secondary N) is 1. The number of anilines is 1. The van der Waals surface area contributed by atoms with E-state index < -0.39 is 11.6 Å². The first-order valence-electron chi connectivity index (χ1n) is 6.11. The van der Waals surface area contributed by atoms with Crippen LogP contribution in [0, 0.1) is 11.6 Å². The molecule has 2 heterocycles. The van der Waals surface area contributed by atoms with Crippen LogP contribution in [0.2, 0.25) is 0 Å². The highest BCUT2D eigenvalue weighted by molar-refractivity contribution is 5.35. The fraction of sp³-hybridized carbons (Fsp3) is 0.583. The van der Waals surface area contributed by atoms with Gasteiger partial charge in [0.1, 0.15) is 5.82 Å². The highest BCUT2D eigenvalue weighted by Gasteiger charge is 2.09. The summed E-state index contributed by atoms with van der Waals surface area (Å²) in [6.07, 6.45) is 1.89. The van der Waals surface area contributed by atoms with Gasteiger partial charge in [0, 0.05) is 25.7 Å². The minimum atomic E-state index is -0.661. The maximum Gasteiger partial charge on any atom is 0.168 e. The summed E-state index contributed by atoms with van der Waals surface area (Å²) in [7, 11) is 0. The van der Waals surface area contributed by atoms with E-state index in [1.807, 2.05) is 0 Å². The Labute approximate surface area is 105 Å². The van der Waals surface area contributed by atoms with E-state index in [0.29, 0.717) is 6.54 Å². The standard InChI is InChI=1S/C12H17F2N3O/c13-10-8-11(14)12(16-9-10)15-2-1-3-17-4-6-18-7-5-17/h8-9H,1-7H2,(H,15,16). The molecule has 1 aliphatic rings. The Morgan fingerprint density at radius 3 is 2.83 bits per heavy atom. The van der Waals surface area contributed by atoms with Gasteiger partial charge in [-0.3, -0.25) is 4.90 Å². The van der Waals surface area contributed by atoms with Crippen molar-refractivity contribution in [3.05, 3.63) is 23.9 Å². The Morgan fingerprint density at radius 2 is 2.11 bits per heavy atom. The van der Waals surface area contributed by atoms with Gasteiger partial charge in [0.15, 0.2) is 11.6 Å². The lowest BCUT2D eigenvalue weighted by Gasteiger charge is -2.26. The van der Waals surface area contributed by atoms with Crippen molar-refractivity contribution < 1.29 is 13.5 Å². The Balaban J connectivity index is 1.68. The largest absolute Gasteiger partial charge is 0.379 e. The molecule has 4 nitrogen and oxygen atoms in total. The Morgan fingerprint density at radius 1 is 1.33 bits per heavy atom. The maximum atomic E-state index is 13.2. The van der Waals surface area contributed by atoms with Crippen molar-refractivity contribution in [3.8, 4) is 0 Å². The van der Waals surface area contributed by atoms with Crippen LogP contribution >= 0.6 is 0 Å². The van der Waals surface area contributed by atoms with E-state index in [2.05, 4.69) is 15.2 Å². The van der Waals surface area contributed by atoms with Crippen LogP contribution in [0.15, 0.2) is 12.3 Å². The summed E-state index contributed by atoms with van der Waals surface area (Å²) in [5, 5.41) is 2.87. The summed E-state index contributed by atoms with van der Waals surface area (Å²) in [5.41, 5.74) is 0. The number of ether oxygens (including phenoxy) is 1. The van der Waals surface area contributed by atoms with E-state index in [9.17, 15) is 8.78 Å². The molecule has 1 aromatic heterocycles. The van der Waals surface area contributed by atoms with Gasteiger partial charge in [-0.05, 0) is 13.0 Å². The normalized spacial score (nSPS) is 16.8. The molecule has 0 radical (unpaired) electrons. The lowest BCUT2D eigenvalue weighted by Crippen LogP contribution is -2.37. The van der Waals surface area contributed by atoms with E-state index in [1.165, 1.54) is 0 Å². The molecule has 18 heavy (non-hydrogen) atoms. The summed E-state index contributed by atoms with van der Waals surface area (Å²) in [5.74, 6) is -1.20. The lowest BCUT2D eigenvalue weighted by atomic mass is 10.3. The summed E-state index contributed by atoms with van der Waals surface area (Å²) in [6.45, 7) is 5.02. The van der Waals surface area contributed by atoms with E-state index in [-0.39, 0.29) is 5.82 Å². The van der Waals surface area contributed by atoms with Crippen LogP contribution in [0.3, 0.4) is 0 Å². The van der Waals surface area contributed by atoms with Crippen LogP contribution in [0.25, 0.3) is 0 Å². The molecule has 0 unspecified atom stereocenters. The van der Waals surface area contributed by atoms with Gasteiger partial charge in [-0.25, -0.2) is 13.8 Å². The molecule has 0 amide bonds. The number of nitrogens with zero attached hydrogens (tertiary/aromatic N) is 2. The molecule has 0 atom stereocenters. The molecule has 0 aromatic carbocycles. The van der Waals surface area contributed by atoms with Gasteiger partial charge in [-0.15, -0.1) is 0 Å². The summed E-state index contributed by atoms with van der Waals surface area (Å²) in [6, 6.07) is 0.831. The third kappa shape index (κ3) is 3.89. The molecule has 0 saturated carbocycles. The smallest absolute Gasteiger partial charge is 0.168 e. The van der Waals surface area contributed by atoms with Crippen LogP contribution in [-0.2, 0) is 4.74 Å². The number of halogens is 2. The fourth-order valence-corrected chi connectivity index (χ4v) is 1.88. The predicted octanol–water partition coefficient (Wildman–Crippen LogP) is 1.49. The second-order valence-corrected chi connectivity index (χ2v) is 4.22. The summed E-state index contributed by atoms with van der Waals surface area (Å²) in [4.78, 5) is 5.97. The molecular weight excluding hydrogens is 240 g/mol. The fourth-order valence-electron chi connectivity index (χ4n) is 1.88. The minimum Gasteiger partial charge on any atom is -0.379 e. The molecule has 1 saturated heterocycles.